The lowest BCUT2D eigenvalue weighted by molar-refractivity contribution is -0.149. The summed E-state index contributed by atoms with van der Waals surface area (Å²) < 4.78 is 36.2. The molecule has 0 fully saturated rings. The van der Waals surface area contributed by atoms with Crippen LogP contribution in [0.25, 0.3) is 0 Å². The molecule has 0 aromatic rings. The Morgan fingerprint density at radius 2 is 2.16 bits per heavy atom. The van der Waals surface area contributed by atoms with Gasteiger partial charge in [-0.3, -0.25) is 4.79 Å². The van der Waals surface area contributed by atoms with E-state index in [1.54, 1.807) is 0 Å². The maximum Gasteiger partial charge on any atom is 0.389 e. The molecule has 0 aliphatic carbocycles. The van der Waals surface area contributed by atoms with Gasteiger partial charge < -0.3 is 4.90 Å². The highest BCUT2D eigenvalue weighted by Gasteiger charge is 2.29. The molecule has 19 heavy (non-hydrogen) atoms. The van der Waals surface area contributed by atoms with E-state index in [0.717, 1.165) is 19.3 Å². The summed E-state index contributed by atoms with van der Waals surface area (Å²) in [5.74, 6) is 0.119. The molecule has 0 spiro atoms. The van der Waals surface area contributed by atoms with Crippen molar-refractivity contribution in [2.75, 3.05) is 13.1 Å². The Hall–Kier alpha value is -1.00. The van der Waals surface area contributed by atoms with Gasteiger partial charge in [-0.15, -0.1) is 0 Å². The number of hydrogen-bond acceptors (Lipinski definition) is 1. The van der Waals surface area contributed by atoms with Crippen LogP contribution in [0.15, 0.2) is 11.6 Å². The molecule has 1 rings (SSSR count). The third kappa shape index (κ3) is 5.66. The van der Waals surface area contributed by atoms with E-state index in [1.807, 2.05) is 6.08 Å². The third-order valence-electron chi connectivity index (χ3n) is 3.57. The van der Waals surface area contributed by atoms with Crippen molar-refractivity contribution >= 4 is 5.91 Å². The van der Waals surface area contributed by atoms with Crippen LogP contribution >= 0.6 is 0 Å². The van der Waals surface area contributed by atoms with Crippen LogP contribution in [0.4, 0.5) is 13.2 Å². The molecule has 0 saturated heterocycles. The molecule has 0 aromatic heterocycles. The van der Waals surface area contributed by atoms with Gasteiger partial charge in [0.25, 0.3) is 0 Å². The summed E-state index contributed by atoms with van der Waals surface area (Å²) in [6, 6.07) is 0. The fourth-order valence-electron chi connectivity index (χ4n) is 2.38. The summed E-state index contributed by atoms with van der Waals surface area (Å²) in [5.41, 5.74) is 1.33. The molecular weight excluding hydrogens is 255 g/mol. The van der Waals surface area contributed by atoms with E-state index in [2.05, 4.69) is 13.8 Å². The summed E-state index contributed by atoms with van der Waals surface area (Å²) in [4.78, 5) is 13.2. The van der Waals surface area contributed by atoms with Crippen LogP contribution in [0.2, 0.25) is 0 Å². The smallest absolute Gasteiger partial charge is 0.339 e. The van der Waals surface area contributed by atoms with Crippen LogP contribution in [0.1, 0.15) is 46.0 Å². The van der Waals surface area contributed by atoms with Gasteiger partial charge in [-0.05, 0) is 18.8 Å². The van der Waals surface area contributed by atoms with Gasteiger partial charge in [0.15, 0.2) is 0 Å². The molecule has 2 nitrogen and oxygen atoms in total. The number of amides is 1. The zero-order valence-electron chi connectivity index (χ0n) is 11.6. The molecule has 0 saturated carbocycles. The lowest BCUT2D eigenvalue weighted by atomic mass is 9.91. The Morgan fingerprint density at radius 3 is 2.63 bits per heavy atom. The predicted octanol–water partition coefficient (Wildman–Crippen LogP) is 3.92. The summed E-state index contributed by atoms with van der Waals surface area (Å²) in [6.07, 6.45) is -0.667. The van der Waals surface area contributed by atoms with Crippen molar-refractivity contribution in [3.8, 4) is 0 Å². The van der Waals surface area contributed by atoms with Crippen molar-refractivity contribution in [2.45, 2.75) is 52.1 Å². The highest BCUT2D eigenvalue weighted by Crippen LogP contribution is 2.25. The van der Waals surface area contributed by atoms with E-state index in [-0.39, 0.29) is 0 Å². The van der Waals surface area contributed by atoms with Crippen LogP contribution < -0.4 is 0 Å². The number of carbonyl (C=O) groups is 1. The molecule has 1 unspecified atom stereocenters. The van der Waals surface area contributed by atoms with E-state index < -0.39 is 24.9 Å². The molecule has 1 atom stereocenters. The predicted molar refractivity (Wildman–Crippen MR) is 68.6 cm³/mol. The Labute approximate surface area is 112 Å². The Morgan fingerprint density at radius 1 is 1.47 bits per heavy atom. The quantitative estimate of drug-likeness (QED) is 0.697. The van der Waals surface area contributed by atoms with E-state index in [9.17, 15) is 18.0 Å². The summed E-state index contributed by atoms with van der Waals surface area (Å²) in [5, 5.41) is 0. The third-order valence-corrected chi connectivity index (χ3v) is 3.57. The van der Waals surface area contributed by atoms with Gasteiger partial charge in [0.05, 0.1) is 6.42 Å². The fourth-order valence-corrected chi connectivity index (χ4v) is 2.38. The summed E-state index contributed by atoms with van der Waals surface area (Å²) in [6.45, 7) is 5.31. The van der Waals surface area contributed by atoms with Crippen molar-refractivity contribution in [3.63, 3.8) is 0 Å². The molecule has 1 amide bonds. The van der Waals surface area contributed by atoms with E-state index >= 15 is 0 Å². The maximum absolute atomic E-state index is 12.1. The first-order valence-corrected chi connectivity index (χ1v) is 6.87. The summed E-state index contributed by atoms with van der Waals surface area (Å²) >= 11 is 0. The second kappa shape index (κ2) is 6.96. The average Bonchev–Trinajstić information content (AvgIpc) is 2.35. The monoisotopic (exact) mass is 277 g/mol. The molecule has 1 aliphatic rings. The number of alkyl halides is 3. The molecule has 0 bridgehead atoms. The first kappa shape index (κ1) is 16.1. The van der Waals surface area contributed by atoms with Crippen molar-refractivity contribution in [3.05, 3.63) is 11.6 Å². The molecule has 1 aliphatic heterocycles. The van der Waals surface area contributed by atoms with Crippen LogP contribution in [-0.2, 0) is 4.79 Å². The van der Waals surface area contributed by atoms with Gasteiger partial charge in [-0.2, -0.15) is 13.2 Å². The first-order valence-electron chi connectivity index (χ1n) is 6.87. The van der Waals surface area contributed by atoms with Crippen molar-refractivity contribution in [2.24, 2.45) is 5.92 Å². The van der Waals surface area contributed by atoms with Gasteiger partial charge in [0.2, 0.25) is 5.91 Å². The van der Waals surface area contributed by atoms with Crippen LogP contribution in [0.3, 0.4) is 0 Å². The topological polar surface area (TPSA) is 20.3 Å². The van der Waals surface area contributed by atoms with E-state index in [4.69, 9.17) is 0 Å². The number of halogens is 3. The molecule has 110 valence electrons. The zero-order chi connectivity index (χ0) is 14.5. The largest absolute Gasteiger partial charge is 0.389 e. The number of hydrogen-bond donors (Lipinski definition) is 0. The molecule has 5 heteroatoms. The molecule has 0 N–H and O–H groups in total. The Bertz CT molecular complexity index is 336. The highest BCUT2D eigenvalue weighted by atomic mass is 19.4. The lowest BCUT2D eigenvalue weighted by Gasteiger charge is -2.29. The standard InChI is InChI=1S/C14H22F3NO/c1-3-4-11(2)12-6-9-18(10-7-12)13(19)5-8-14(15,16)17/h6,11H,3-5,7-10H2,1-2H3. The second-order valence-electron chi connectivity index (χ2n) is 5.17. The molecular formula is C14H22F3NO. The fraction of sp³-hybridized carbons (Fsp3) is 0.786. The highest BCUT2D eigenvalue weighted by molar-refractivity contribution is 5.76. The number of nitrogens with zero attached hydrogens (tertiary/aromatic N) is 1. The maximum atomic E-state index is 12.1. The van der Waals surface area contributed by atoms with E-state index in [1.165, 1.54) is 10.5 Å². The minimum absolute atomic E-state index is 0.393. The summed E-state index contributed by atoms with van der Waals surface area (Å²) in [7, 11) is 0. The SMILES string of the molecule is CCCC(C)C1=CCN(C(=O)CCC(F)(F)F)CC1. The molecule has 0 radical (unpaired) electrons. The first-order chi connectivity index (χ1) is 8.83. The van der Waals surface area contributed by atoms with Gasteiger partial charge >= 0.3 is 6.18 Å². The van der Waals surface area contributed by atoms with Gasteiger partial charge in [-0.1, -0.05) is 31.9 Å². The Kier molecular flexibility index (Phi) is 5.88. The van der Waals surface area contributed by atoms with Gasteiger partial charge in [-0.25, -0.2) is 0 Å². The van der Waals surface area contributed by atoms with Crippen LogP contribution in [0.5, 0.6) is 0 Å². The number of rotatable bonds is 5. The van der Waals surface area contributed by atoms with Crippen LogP contribution in [-0.4, -0.2) is 30.1 Å². The lowest BCUT2D eigenvalue weighted by Crippen LogP contribution is -2.36. The van der Waals surface area contributed by atoms with E-state index in [0.29, 0.717) is 19.0 Å². The minimum Gasteiger partial charge on any atom is -0.339 e. The average molecular weight is 277 g/mol. The van der Waals surface area contributed by atoms with Gasteiger partial charge in [0.1, 0.15) is 0 Å². The second-order valence-corrected chi connectivity index (χ2v) is 5.17. The molecule has 1 heterocycles. The number of carbonyl (C=O) groups excluding carboxylic acids is 1. The molecule has 0 aromatic carbocycles. The van der Waals surface area contributed by atoms with Crippen molar-refractivity contribution in [1.82, 2.24) is 4.90 Å². The normalized spacial score (nSPS) is 18.2. The van der Waals surface area contributed by atoms with Crippen molar-refractivity contribution in [1.29, 1.82) is 0 Å². The Balaban J connectivity index is 2.42. The zero-order valence-corrected chi connectivity index (χ0v) is 11.6. The van der Waals surface area contributed by atoms with Gasteiger partial charge in [0, 0.05) is 19.5 Å². The van der Waals surface area contributed by atoms with Crippen LogP contribution in [0, 0.1) is 5.92 Å². The minimum atomic E-state index is -4.25. The van der Waals surface area contributed by atoms with Crippen molar-refractivity contribution < 1.29 is 18.0 Å².